The standard InChI is InChI=1S/C31H23N5O2/c1-19-13-15-24-21(17-19)14-16-25(32-24)28-27-20(2)33-36(23-11-7-4-8-12-23)31(27)38-18-26-29(28)30(37)35(34-26)22-9-5-3-6-10-22/h3-17H,18H2,1-2H3. The highest BCUT2D eigenvalue weighted by molar-refractivity contribution is 6.36. The number of aromatic nitrogens is 3. The first-order valence-electron chi connectivity index (χ1n) is 12.5. The summed E-state index contributed by atoms with van der Waals surface area (Å²) in [7, 11) is 0. The number of hydrogen-bond acceptors (Lipinski definition) is 5. The number of fused-ring (bicyclic) bond motifs is 3. The minimum Gasteiger partial charge on any atom is -0.471 e. The van der Waals surface area contributed by atoms with E-state index in [1.165, 1.54) is 5.01 Å². The van der Waals surface area contributed by atoms with E-state index in [9.17, 15) is 4.79 Å². The Hall–Kier alpha value is -5.04. The van der Waals surface area contributed by atoms with Crippen molar-refractivity contribution >= 4 is 33.8 Å². The van der Waals surface area contributed by atoms with Crippen LogP contribution in [0.1, 0.15) is 22.5 Å². The fourth-order valence-corrected chi connectivity index (χ4v) is 5.12. The number of ether oxygens (including phenoxy) is 1. The van der Waals surface area contributed by atoms with E-state index in [0.717, 1.165) is 33.4 Å². The maximum atomic E-state index is 14.0. The van der Waals surface area contributed by atoms with Crippen LogP contribution in [-0.2, 0) is 4.79 Å². The molecule has 0 atom stereocenters. The molecule has 0 spiro atoms. The molecule has 7 heteroatoms. The van der Waals surface area contributed by atoms with Gasteiger partial charge in [-0.15, -0.1) is 0 Å². The van der Waals surface area contributed by atoms with Crippen molar-refractivity contribution in [2.45, 2.75) is 13.8 Å². The number of pyridine rings is 1. The average Bonchev–Trinajstić information content (AvgIpc) is 3.38. The maximum absolute atomic E-state index is 14.0. The van der Waals surface area contributed by atoms with Gasteiger partial charge in [-0.05, 0) is 56.3 Å². The third-order valence-corrected chi connectivity index (χ3v) is 6.88. The molecule has 38 heavy (non-hydrogen) atoms. The van der Waals surface area contributed by atoms with Crippen molar-refractivity contribution in [3.63, 3.8) is 0 Å². The lowest BCUT2D eigenvalue weighted by Gasteiger charge is -2.14. The van der Waals surface area contributed by atoms with Crippen LogP contribution in [0.3, 0.4) is 0 Å². The first kappa shape index (κ1) is 22.2. The topological polar surface area (TPSA) is 72.6 Å². The van der Waals surface area contributed by atoms with Gasteiger partial charge in [0.2, 0.25) is 5.88 Å². The molecule has 1 amide bonds. The van der Waals surface area contributed by atoms with E-state index in [1.54, 1.807) is 4.68 Å². The molecule has 0 saturated carbocycles. The van der Waals surface area contributed by atoms with Crippen LogP contribution in [0.5, 0.6) is 5.88 Å². The van der Waals surface area contributed by atoms with Crippen LogP contribution in [0.15, 0.2) is 102 Å². The SMILES string of the molecule is Cc1ccc2nc(C3=C4C(=O)N(c5ccccc5)N=C4COc4c3c(C)nn4-c3ccccc3)ccc2c1. The Morgan fingerprint density at radius 3 is 2.32 bits per heavy atom. The molecule has 0 radical (unpaired) electrons. The molecule has 5 aromatic rings. The summed E-state index contributed by atoms with van der Waals surface area (Å²) in [6, 6.07) is 29.4. The van der Waals surface area contributed by atoms with Gasteiger partial charge >= 0.3 is 0 Å². The highest BCUT2D eigenvalue weighted by Crippen LogP contribution is 2.42. The summed E-state index contributed by atoms with van der Waals surface area (Å²) in [5.74, 6) is 0.355. The second-order valence-corrected chi connectivity index (χ2v) is 9.44. The molecule has 0 saturated heterocycles. The average molecular weight is 498 g/mol. The smallest absolute Gasteiger partial charge is 0.281 e. The molecule has 7 rings (SSSR count). The second-order valence-electron chi connectivity index (χ2n) is 9.44. The van der Waals surface area contributed by atoms with Gasteiger partial charge in [0.25, 0.3) is 5.91 Å². The Balaban J connectivity index is 1.50. The second kappa shape index (κ2) is 8.52. The highest BCUT2D eigenvalue weighted by atomic mass is 16.5. The summed E-state index contributed by atoms with van der Waals surface area (Å²) in [5, 5.41) is 12.0. The van der Waals surface area contributed by atoms with E-state index in [2.05, 4.69) is 13.0 Å². The van der Waals surface area contributed by atoms with Gasteiger partial charge in [-0.3, -0.25) is 4.79 Å². The number of rotatable bonds is 3. The summed E-state index contributed by atoms with van der Waals surface area (Å²) in [6.45, 7) is 4.13. The van der Waals surface area contributed by atoms with E-state index < -0.39 is 0 Å². The summed E-state index contributed by atoms with van der Waals surface area (Å²) in [4.78, 5) is 19.0. The number of benzene rings is 3. The van der Waals surface area contributed by atoms with E-state index in [-0.39, 0.29) is 12.5 Å². The van der Waals surface area contributed by atoms with Crippen LogP contribution >= 0.6 is 0 Å². The molecule has 3 aromatic carbocycles. The molecule has 2 aliphatic heterocycles. The predicted molar refractivity (Wildman–Crippen MR) is 148 cm³/mol. The van der Waals surface area contributed by atoms with E-state index >= 15 is 0 Å². The Labute approximate surface area is 219 Å². The minimum absolute atomic E-state index is 0.131. The van der Waals surface area contributed by atoms with Gasteiger partial charge in [0, 0.05) is 11.0 Å². The minimum atomic E-state index is -0.213. The lowest BCUT2D eigenvalue weighted by Crippen LogP contribution is -2.22. The maximum Gasteiger partial charge on any atom is 0.281 e. The van der Waals surface area contributed by atoms with Crippen molar-refractivity contribution in [3.05, 3.63) is 119 Å². The van der Waals surface area contributed by atoms with Gasteiger partial charge in [0.1, 0.15) is 12.3 Å². The third-order valence-electron chi connectivity index (χ3n) is 6.88. The quantitative estimate of drug-likeness (QED) is 0.324. The van der Waals surface area contributed by atoms with Crippen LogP contribution < -0.4 is 9.75 Å². The normalized spacial score (nSPS) is 14.7. The zero-order valence-electron chi connectivity index (χ0n) is 20.9. The lowest BCUT2D eigenvalue weighted by atomic mass is 9.93. The van der Waals surface area contributed by atoms with Crippen molar-refractivity contribution < 1.29 is 9.53 Å². The Morgan fingerprint density at radius 1 is 0.816 bits per heavy atom. The highest BCUT2D eigenvalue weighted by Gasteiger charge is 2.40. The van der Waals surface area contributed by atoms with Gasteiger partial charge in [-0.1, -0.05) is 54.1 Å². The number of amides is 1. The molecule has 0 N–H and O–H groups in total. The van der Waals surface area contributed by atoms with Crippen molar-refractivity contribution in [1.29, 1.82) is 0 Å². The predicted octanol–water partition coefficient (Wildman–Crippen LogP) is 5.63. The van der Waals surface area contributed by atoms with Gasteiger partial charge in [0.05, 0.1) is 39.4 Å². The number of para-hydroxylation sites is 2. The van der Waals surface area contributed by atoms with E-state index in [1.807, 2.05) is 91.9 Å². The van der Waals surface area contributed by atoms with Crippen LogP contribution in [0.4, 0.5) is 5.69 Å². The summed E-state index contributed by atoms with van der Waals surface area (Å²) in [5.41, 5.74) is 7.48. The fourth-order valence-electron chi connectivity index (χ4n) is 5.12. The monoisotopic (exact) mass is 497 g/mol. The van der Waals surface area contributed by atoms with Crippen LogP contribution in [0.25, 0.3) is 22.2 Å². The van der Waals surface area contributed by atoms with Crippen LogP contribution in [-0.4, -0.2) is 33.0 Å². The molecule has 2 aromatic heterocycles. The number of nitrogens with zero attached hydrogens (tertiary/aromatic N) is 5. The number of hydrazone groups is 1. The number of carbonyl (C=O) groups excluding carboxylic acids is 1. The molecular weight excluding hydrogens is 474 g/mol. The fraction of sp³-hybridized carbons (Fsp3) is 0.0968. The first-order valence-corrected chi connectivity index (χ1v) is 12.5. The van der Waals surface area contributed by atoms with Gasteiger partial charge in [-0.25, -0.2) is 9.67 Å². The zero-order valence-corrected chi connectivity index (χ0v) is 20.9. The molecule has 4 heterocycles. The van der Waals surface area contributed by atoms with Crippen molar-refractivity contribution in [2.75, 3.05) is 11.6 Å². The molecular formula is C31H23N5O2. The Morgan fingerprint density at radius 2 is 1.55 bits per heavy atom. The number of aryl methyl sites for hydroxylation is 2. The lowest BCUT2D eigenvalue weighted by molar-refractivity contribution is -0.114. The Bertz CT molecular complexity index is 1800. The molecule has 0 aliphatic carbocycles. The number of anilines is 1. The van der Waals surface area contributed by atoms with Gasteiger partial charge < -0.3 is 4.74 Å². The molecule has 2 aliphatic rings. The van der Waals surface area contributed by atoms with Gasteiger partial charge in [-0.2, -0.15) is 15.2 Å². The van der Waals surface area contributed by atoms with E-state index in [0.29, 0.717) is 34.1 Å². The van der Waals surface area contributed by atoms with Crippen molar-refractivity contribution in [3.8, 4) is 11.6 Å². The molecule has 7 nitrogen and oxygen atoms in total. The van der Waals surface area contributed by atoms with Gasteiger partial charge in [0.15, 0.2) is 0 Å². The number of hydrogen-bond donors (Lipinski definition) is 0. The van der Waals surface area contributed by atoms with Crippen LogP contribution in [0.2, 0.25) is 0 Å². The molecule has 0 bridgehead atoms. The molecule has 184 valence electrons. The first-order chi connectivity index (χ1) is 18.6. The largest absolute Gasteiger partial charge is 0.471 e. The van der Waals surface area contributed by atoms with Crippen molar-refractivity contribution in [2.24, 2.45) is 5.10 Å². The van der Waals surface area contributed by atoms with E-state index in [4.69, 9.17) is 19.9 Å². The molecule has 0 fully saturated rings. The van der Waals surface area contributed by atoms with Crippen molar-refractivity contribution in [1.82, 2.24) is 14.8 Å². The summed E-state index contributed by atoms with van der Waals surface area (Å²) >= 11 is 0. The number of carbonyl (C=O) groups is 1. The molecule has 0 unspecified atom stereocenters. The summed E-state index contributed by atoms with van der Waals surface area (Å²) in [6.07, 6.45) is 0. The zero-order chi connectivity index (χ0) is 25.8. The Kier molecular flexibility index (Phi) is 4.97. The summed E-state index contributed by atoms with van der Waals surface area (Å²) < 4.78 is 8.17. The van der Waals surface area contributed by atoms with Crippen LogP contribution in [0, 0.1) is 13.8 Å². The third kappa shape index (κ3) is 3.43.